The van der Waals surface area contributed by atoms with E-state index >= 15 is 0 Å². The van der Waals surface area contributed by atoms with Gasteiger partial charge in [-0.1, -0.05) is 97.1 Å². The van der Waals surface area contributed by atoms with E-state index in [9.17, 15) is 0 Å². The summed E-state index contributed by atoms with van der Waals surface area (Å²) in [5.74, 6) is 0. The molecule has 0 bridgehead atoms. The minimum absolute atomic E-state index is 0.859. The molecule has 0 saturated heterocycles. The molecule has 0 spiro atoms. The van der Waals surface area contributed by atoms with Crippen molar-refractivity contribution in [2.24, 2.45) is 0 Å². The molecule has 196 valence electrons. The van der Waals surface area contributed by atoms with Crippen LogP contribution in [0.3, 0.4) is 0 Å². The molecule has 0 atom stereocenters. The quantitative estimate of drug-likeness (QED) is 0.224. The first-order valence-corrected chi connectivity index (χ1v) is 14.3. The zero-order valence-corrected chi connectivity index (χ0v) is 23.0. The molecule has 2 heteroatoms. The molecule has 8 rings (SSSR count). The predicted molar refractivity (Wildman–Crippen MR) is 176 cm³/mol. The van der Waals surface area contributed by atoms with Gasteiger partial charge in [-0.25, -0.2) is 0 Å². The van der Waals surface area contributed by atoms with Gasteiger partial charge in [-0.2, -0.15) is 0 Å². The number of dihydropyridines is 2. The molecule has 0 fully saturated rings. The molecule has 0 radical (unpaired) electrons. The fraction of sp³-hybridized carbons (Fsp3) is 0.0769. The van der Waals surface area contributed by atoms with E-state index < -0.39 is 0 Å². The second kappa shape index (κ2) is 9.53. The number of allylic oxidation sites excluding steroid dienone is 4. The molecule has 0 aliphatic carbocycles. The Kier molecular flexibility index (Phi) is 5.53. The summed E-state index contributed by atoms with van der Waals surface area (Å²) in [6, 6.07) is 34.5. The van der Waals surface area contributed by atoms with E-state index in [1.807, 2.05) is 12.4 Å². The van der Waals surface area contributed by atoms with Crippen LogP contribution >= 0.6 is 0 Å². The van der Waals surface area contributed by atoms with Gasteiger partial charge in [-0.3, -0.25) is 0 Å². The summed E-state index contributed by atoms with van der Waals surface area (Å²) >= 11 is 0. The topological polar surface area (TPSA) is 24.1 Å². The fourth-order valence-corrected chi connectivity index (χ4v) is 6.59. The maximum absolute atomic E-state index is 3.33. The second-order valence-corrected chi connectivity index (χ2v) is 11.2. The minimum Gasteiger partial charge on any atom is -0.387 e. The molecule has 0 aromatic heterocycles. The van der Waals surface area contributed by atoms with E-state index in [2.05, 4.69) is 133 Å². The number of rotatable bonds is 4. The zero-order valence-electron chi connectivity index (χ0n) is 23.0. The molecule has 0 saturated carbocycles. The molecular formula is C39H30N2. The van der Waals surface area contributed by atoms with Gasteiger partial charge in [0.15, 0.2) is 0 Å². The SMILES string of the molecule is Cc1cc2ccc3c(-c4ccc(C5=CC=CNC5)cc4)cc(-c4ccc(C5=CC=CNC5)cc4)c4ccc(c1)c2c34. The average Bonchev–Trinajstić information content (AvgIpc) is 3.04. The molecule has 2 N–H and O–H groups in total. The van der Waals surface area contributed by atoms with Gasteiger partial charge in [-0.15, -0.1) is 0 Å². The van der Waals surface area contributed by atoms with E-state index in [0.29, 0.717) is 0 Å². The minimum atomic E-state index is 0.859. The van der Waals surface area contributed by atoms with Gasteiger partial charge in [0, 0.05) is 13.1 Å². The monoisotopic (exact) mass is 526 g/mol. The lowest BCUT2D eigenvalue weighted by Gasteiger charge is -2.19. The van der Waals surface area contributed by atoms with Crippen molar-refractivity contribution in [1.29, 1.82) is 0 Å². The van der Waals surface area contributed by atoms with Gasteiger partial charge in [0.2, 0.25) is 0 Å². The third kappa shape index (κ3) is 4.03. The van der Waals surface area contributed by atoms with Gasteiger partial charge >= 0.3 is 0 Å². The Morgan fingerprint density at radius 2 is 0.951 bits per heavy atom. The van der Waals surface area contributed by atoms with Crippen molar-refractivity contribution >= 4 is 43.5 Å². The van der Waals surface area contributed by atoms with Crippen LogP contribution in [0.1, 0.15) is 16.7 Å². The van der Waals surface area contributed by atoms with Gasteiger partial charge in [0.05, 0.1) is 0 Å². The normalized spacial score (nSPS) is 14.8. The highest BCUT2D eigenvalue weighted by atomic mass is 14.8. The van der Waals surface area contributed by atoms with E-state index in [-0.39, 0.29) is 0 Å². The van der Waals surface area contributed by atoms with Crippen molar-refractivity contribution < 1.29 is 0 Å². The molecule has 41 heavy (non-hydrogen) atoms. The molecule has 6 aromatic carbocycles. The first kappa shape index (κ1) is 23.8. The average molecular weight is 527 g/mol. The zero-order chi connectivity index (χ0) is 27.3. The molecule has 0 amide bonds. The molecule has 2 heterocycles. The maximum atomic E-state index is 3.33. The lowest BCUT2D eigenvalue weighted by Crippen LogP contribution is -2.11. The molecule has 2 aliphatic rings. The third-order valence-corrected chi connectivity index (χ3v) is 8.60. The summed E-state index contributed by atoms with van der Waals surface area (Å²) in [6.45, 7) is 3.91. The van der Waals surface area contributed by atoms with Crippen LogP contribution < -0.4 is 10.6 Å². The fourth-order valence-electron chi connectivity index (χ4n) is 6.59. The number of hydrogen-bond acceptors (Lipinski definition) is 2. The van der Waals surface area contributed by atoms with E-state index in [0.717, 1.165) is 13.1 Å². The highest BCUT2D eigenvalue weighted by Crippen LogP contribution is 2.44. The molecule has 0 unspecified atom stereocenters. The Labute approximate surface area is 240 Å². The first-order valence-electron chi connectivity index (χ1n) is 14.3. The smallest absolute Gasteiger partial charge is 0.0401 e. The van der Waals surface area contributed by atoms with Crippen molar-refractivity contribution in [3.8, 4) is 22.3 Å². The summed E-state index contributed by atoms with van der Waals surface area (Å²) in [5.41, 5.74) is 11.5. The summed E-state index contributed by atoms with van der Waals surface area (Å²) in [4.78, 5) is 0. The molecular weight excluding hydrogens is 496 g/mol. The number of hydrogen-bond donors (Lipinski definition) is 2. The van der Waals surface area contributed by atoms with Gasteiger partial charge in [0.1, 0.15) is 0 Å². The van der Waals surface area contributed by atoms with Gasteiger partial charge < -0.3 is 10.6 Å². The van der Waals surface area contributed by atoms with Crippen molar-refractivity contribution in [2.45, 2.75) is 6.92 Å². The van der Waals surface area contributed by atoms with Crippen molar-refractivity contribution in [1.82, 2.24) is 10.6 Å². The number of nitrogens with one attached hydrogen (secondary N) is 2. The van der Waals surface area contributed by atoms with Crippen LogP contribution in [0.15, 0.2) is 128 Å². The Morgan fingerprint density at radius 1 is 0.488 bits per heavy atom. The molecule has 2 nitrogen and oxygen atoms in total. The third-order valence-electron chi connectivity index (χ3n) is 8.60. The Balaban J connectivity index is 1.35. The van der Waals surface area contributed by atoms with Crippen molar-refractivity contribution in [2.75, 3.05) is 13.1 Å². The van der Waals surface area contributed by atoms with Crippen LogP contribution in [-0.2, 0) is 0 Å². The van der Waals surface area contributed by atoms with E-state index in [4.69, 9.17) is 0 Å². The lowest BCUT2D eigenvalue weighted by molar-refractivity contribution is 0.986. The van der Waals surface area contributed by atoms with Crippen LogP contribution in [0.4, 0.5) is 0 Å². The number of aryl methyl sites for hydroxylation is 1. The highest BCUT2D eigenvalue weighted by molar-refractivity contribution is 6.28. The Bertz CT molecular complexity index is 1930. The van der Waals surface area contributed by atoms with Crippen molar-refractivity contribution in [3.05, 3.63) is 144 Å². The summed E-state index contributed by atoms with van der Waals surface area (Å²) in [5, 5.41) is 14.6. The van der Waals surface area contributed by atoms with Crippen LogP contribution in [0, 0.1) is 6.92 Å². The van der Waals surface area contributed by atoms with Crippen LogP contribution in [0.2, 0.25) is 0 Å². The largest absolute Gasteiger partial charge is 0.387 e. The molecule has 6 aromatic rings. The van der Waals surface area contributed by atoms with Crippen molar-refractivity contribution in [3.63, 3.8) is 0 Å². The number of benzene rings is 6. The molecule has 2 aliphatic heterocycles. The summed E-state index contributed by atoms with van der Waals surface area (Å²) in [7, 11) is 0. The van der Waals surface area contributed by atoms with Crippen LogP contribution in [0.25, 0.3) is 65.7 Å². The lowest BCUT2D eigenvalue weighted by atomic mass is 9.84. The summed E-state index contributed by atoms with van der Waals surface area (Å²) < 4.78 is 0. The van der Waals surface area contributed by atoms with Gasteiger partial charge in [0.25, 0.3) is 0 Å². The highest BCUT2D eigenvalue weighted by Gasteiger charge is 2.17. The van der Waals surface area contributed by atoms with E-state index in [1.165, 1.54) is 82.4 Å². The van der Waals surface area contributed by atoms with Gasteiger partial charge in [-0.05, 0) is 120 Å². The van der Waals surface area contributed by atoms with Crippen LogP contribution in [0.5, 0.6) is 0 Å². The predicted octanol–water partition coefficient (Wildman–Crippen LogP) is 9.23. The Morgan fingerprint density at radius 3 is 1.39 bits per heavy atom. The Hall–Kier alpha value is -5.08. The van der Waals surface area contributed by atoms with Crippen LogP contribution in [-0.4, -0.2) is 13.1 Å². The summed E-state index contributed by atoms with van der Waals surface area (Å²) in [6.07, 6.45) is 12.5. The second-order valence-electron chi connectivity index (χ2n) is 11.2. The first-order chi connectivity index (χ1) is 20.2. The maximum Gasteiger partial charge on any atom is 0.0401 e. The van der Waals surface area contributed by atoms with E-state index in [1.54, 1.807) is 0 Å². The standard InChI is InChI=1S/C39H30N2/c1-25-20-30-14-16-34-36(28-10-6-26(7-11-28)32-4-2-18-40-23-32)22-37(35-17-15-31(21-25)38(30)39(34)35)29-12-8-27(9-13-29)33-5-3-19-41-24-33/h2-22,40-41H,23-24H2,1H3.